The quantitative estimate of drug-likeness (QED) is 0.610. The molecule has 2 aromatic carbocycles. The van der Waals surface area contributed by atoms with Gasteiger partial charge >= 0.3 is 0 Å². The fourth-order valence-corrected chi connectivity index (χ4v) is 3.94. The van der Waals surface area contributed by atoms with E-state index in [1.54, 1.807) is 0 Å². The molecule has 142 valence electrons. The largest absolute Gasteiger partial charge is 0.354 e. The number of hydrogen-bond donors (Lipinski definition) is 1. The highest BCUT2D eigenvalue weighted by Gasteiger charge is 2.23. The summed E-state index contributed by atoms with van der Waals surface area (Å²) in [6, 6.07) is 17.1. The Balaban J connectivity index is 2.13. The van der Waals surface area contributed by atoms with Crippen LogP contribution >= 0.6 is 0 Å². The van der Waals surface area contributed by atoms with Crippen molar-refractivity contribution in [3.63, 3.8) is 0 Å². The molecule has 27 heavy (non-hydrogen) atoms. The van der Waals surface area contributed by atoms with Crippen molar-refractivity contribution in [3.8, 4) is 0 Å². The lowest BCUT2D eigenvalue weighted by molar-refractivity contribution is -0.121. The fraction of sp³-hybridized carbons (Fsp3) is 0.375. The molecule has 1 aromatic heterocycles. The van der Waals surface area contributed by atoms with E-state index < -0.39 is 0 Å². The molecule has 1 amide bonds. The fourth-order valence-electron chi connectivity index (χ4n) is 3.94. The van der Waals surface area contributed by atoms with Crippen molar-refractivity contribution in [1.82, 2.24) is 9.88 Å². The van der Waals surface area contributed by atoms with Crippen LogP contribution in [0.3, 0.4) is 0 Å². The van der Waals surface area contributed by atoms with Gasteiger partial charge in [0.15, 0.2) is 0 Å². The van der Waals surface area contributed by atoms with Crippen LogP contribution in [0.4, 0.5) is 0 Å². The van der Waals surface area contributed by atoms with Crippen LogP contribution in [0.15, 0.2) is 54.7 Å². The van der Waals surface area contributed by atoms with Gasteiger partial charge in [-0.3, -0.25) is 4.79 Å². The lowest BCUT2D eigenvalue weighted by Crippen LogP contribution is -2.31. The van der Waals surface area contributed by atoms with Crippen molar-refractivity contribution in [3.05, 3.63) is 71.4 Å². The average Bonchev–Trinajstić information content (AvgIpc) is 3.05. The van der Waals surface area contributed by atoms with Gasteiger partial charge in [-0.25, -0.2) is 0 Å². The highest BCUT2D eigenvalue weighted by Crippen LogP contribution is 2.36. The zero-order chi connectivity index (χ0) is 19.4. The molecule has 0 saturated heterocycles. The van der Waals surface area contributed by atoms with Gasteiger partial charge < -0.3 is 9.88 Å². The maximum atomic E-state index is 12.6. The van der Waals surface area contributed by atoms with Gasteiger partial charge in [0.05, 0.1) is 5.52 Å². The first-order valence-electron chi connectivity index (χ1n) is 10.00. The second-order valence-corrected chi connectivity index (χ2v) is 7.43. The Morgan fingerprint density at radius 1 is 1.04 bits per heavy atom. The number of carbonyl (C=O) groups excluding carboxylic acids is 1. The molecule has 0 radical (unpaired) electrons. The van der Waals surface area contributed by atoms with E-state index in [-0.39, 0.29) is 17.9 Å². The molecule has 1 heterocycles. The number of para-hydroxylation sites is 1. The first kappa shape index (κ1) is 19.2. The van der Waals surface area contributed by atoms with Crippen LogP contribution in [-0.4, -0.2) is 16.5 Å². The summed E-state index contributed by atoms with van der Waals surface area (Å²) in [5.41, 5.74) is 5.10. The van der Waals surface area contributed by atoms with E-state index in [0.717, 1.165) is 13.0 Å². The minimum absolute atomic E-state index is 0.0485. The third kappa shape index (κ3) is 4.08. The van der Waals surface area contributed by atoms with Crippen LogP contribution in [0.2, 0.25) is 0 Å². The molecule has 0 aliphatic heterocycles. The summed E-state index contributed by atoms with van der Waals surface area (Å²) in [7, 11) is 0. The van der Waals surface area contributed by atoms with Crippen LogP contribution in [0, 0.1) is 0 Å². The third-order valence-corrected chi connectivity index (χ3v) is 5.15. The highest BCUT2D eigenvalue weighted by molar-refractivity contribution is 5.89. The molecule has 0 bridgehead atoms. The van der Waals surface area contributed by atoms with Crippen molar-refractivity contribution >= 4 is 16.8 Å². The number of nitrogens with zero attached hydrogens (tertiary/aromatic N) is 1. The van der Waals surface area contributed by atoms with E-state index in [1.165, 1.54) is 27.6 Å². The molecule has 0 spiro atoms. The maximum absolute atomic E-state index is 12.6. The first-order valence-corrected chi connectivity index (χ1v) is 10.00. The van der Waals surface area contributed by atoms with Crippen LogP contribution in [0.1, 0.15) is 56.7 Å². The molecule has 1 N–H and O–H groups in total. The number of rotatable bonds is 7. The lowest BCUT2D eigenvalue weighted by atomic mass is 9.87. The standard InChI is InChI=1S/C24H30N2O/c1-5-18-13-10-14-20-22(16-26(6-2)24(18)20)21(15-23(27)25-17(3)4)19-11-8-7-9-12-19/h7-14,16-17,21H,5-6,15H2,1-4H3,(H,25,27). The first-order chi connectivity index (χ1) is 13.0. The number of amides is 1. The van der Waals surface area contributed by atoms with Crippen LogP contribution in [0.25, 0.3) is 10.9 Å². The van der Waals surface area contributed by atoms with Crippen LogP contribution in [0.5, 0.6) is 0 Å². The second kappa shape index (κ2) is 8.43. The molecule has 3 heteroatoms. The number of fused-ring (bicyclic) bond motifs is 1. The zero-order valence-electron chi connectivity index (χ0n) is 16.8. The van der Waals surface area contributed by atoms with E-state index in [2.05, 4.69) is 72.4 Å². The monoisotopic (exact) mass is 362 g/mol. The molecule has 0 saturated carbocycles. The van der Waals surface area contributed by atoms with Gasteiger partial charge in [0.1, 0.15) is 0 Å². The van der Waals surface area contributed by atoms with Crippen molar-refractivity contribution in [1.29, 1.82) is 0 Å². The average molecular weight is 363 g/mol. The molecule has 3 rings (SSSR count). The van der Waals surface area contributed by atoms with Crippen LogP contribution in [-0.2, 0) is 17.8 Å². The summed E-state index contributed by atoms with van der Waals surface area (Å²) >= 11 is 0. The maximum Gasteiger partial charge on any atom is 0.221 e. The Morgan fingerprint density at radius 3 is 2.41 bits per heavy atom. The number of aryl methyl sites for hydroxylation is 2. The van der Waals surface area contributed by atoms with E-state index in [9.17, 15) is 4.79 Å². The normalized spacial score (nSPS) is 12.5. The number of nitrogens with one attached hydrogen (secondary N) is 1. The zero-order valence-corrected chi connectivity index (χ0v) is 16.8. The van der Waals surface area contributed by atoms with E-state index >= 15 is 0 Å². The Bertz CT molecular complexity index is 909. The van der Waals surface area contributed by atoms with E-state index in [1.807, 2.05) is 19.9 Å². The molecule has 3 aromatic rings. The minimum atomic E-state index is 0.0485. The summed E-state index contributed by atoms with van der Waals surface area (Å²) in [4.78, 5) is 12.6. The van der Waals surface area contributed by atoms with Crippen molar-refractivity contribution < 1.29 is 4.79 Å². The topological polar surface area (TPSA) is 34.0 Å². The Hall–Kier alpha value is -2.55. The molecule has 0 aliphatic carbocycles. The SMILES string of the molecule is CCc1cccc2c(C(CC(=O)NC(C)C)c3ccccc3)cn(CC)c12. The summed E-state index contributed by atoms with van der Waals surface area (Å²) in [6.45, 7) is 9.32. The minimum Gasteiger partial charge on any atom is -0.354 e. The predicted molar refractivity (Wildman–Crippen MR) is 113 cm³/mol. The van der Waals surface area contributed by atoms with Gasteiger partial charge in [-0.2, -0.15) is 0 Å². The molecular weight excluding hydrogens is 332 g/mol. The Morgan fingerprint density at radius 2 is 1.78 bits per heavy atom. The number of aromatic nitrogens is 1. The summed E-state index contributed by atoms with van der Waals surface area (Å²) in [5, 5.41) is 4.32. The molecule has 0 aliphatic rings. The summed E-state index contributed by atoms with van der Waals surface area (Å²) < 4.78 is 2.33. The van der Waals surface area contributed by atoms with E-state index in [4.69, 9.17) is 0 Å². The number of hydrogen-bond acceptors (Lipinski definition) is 1. The van der Waals surface area contributed by atoms with Gasteiger partial charge in [-0.1, -0.05) is 55.5 Å². The molecular formula is C24H30N2O. The van der Waals surface area contributed by atoms with Gasteiger partial charge in [0.2, 0.25) is 5.91 Å². The van der Waals surface area contributed by atoms with Crippen molar-refractivity contribution in [2.75, 3.05) is 0 Å². The number of carbonyl (C=O) groups is 1. The van der Waals surface area contributed by atoms with Gasteiger partial charge in [-0.15, -0.1) is 0 Å². The van der Waals surface area contributed by atoms with Gasteiger partial charge in [-0.05, 0) is 43.9 Å². The van der Waals surface area contributed by atoms with Crippen LogP contribution < -0.4 is 5.32 Å². The smallest absolute Gasteiger partial charge is 0.221 e. The summed E-state index contributed by atoms with van der Waals surface area (Å²) in [6.07, 6.45) is 3.72. The number of benzene rings is 2. The molecule has 1 atom stereocenters. The highest BCUT2D eigenvalue weighted by atomic mass is 16.1. The summed E-state index contributed by atoms with van der Waals surface area (Å²) in [5.74, 6) is 0.148. The van der Waals surface area contributed by atoms with E-state index in [0.29, 0.717) is 6.42 Å². The lowest BCUT2D eigenvalue weighted by Gasteiger charge is -2.18. The Kier molecular flexibility index (Phi) is 6.00. The molecule has 1 unspecified atom stereocenters. The predicted octanol–water partition coefficient (Wildman–Crippen LogP) is 5.27. The van der Waals surface area contributed by atoms with Gasteiger partial charge in [0, 0.05) is 36.5 Å². The van der Waals surface area contributed by atoms with Crippen molar-refractivity contribution in [2.45, 2.75) is 59.0 Å². The second-order valence-electron chi connectivity index (χ2n) is 7.43. The van der Waals surface area contributed by atoms with Gasteiger partial charge in [0.25, 0.3) is 0 Å². The molecule has 3 nitrogen and oxygen atoms in total. The Labute approximate surface area is 162 Å². The third-order valence-electron chi connectivity index (χ3n) is 5.15. The molecule has 0 fully saturated rings. The van der Waals surface area contributed by atoms with Crippen molar-refractivity contribution in [2.24, 2.45) is 0 Å².